The molecule has 1 aromatic heterocycles. The maximum atomic E-state index is 6.04. The summed E-state index contributed by atoms with van der Waals surface area (Å²) >= 11 is 6.04. The zero-order valence-electron chi connectivity index (χ0n) is 10.8. The van der Waals surface area contributed by atoms with Crippen LogP contribution >= 0.6 is 11.6 Å². The Morgan fingerprint density at radius 2 is 2.06 bits per heavy atom. The van der Waals surface area contributed by atoms with Gasteiger partial charge in [-0.25, -0.2) is 0 Å². The van der Waals surface area contributed by atoms with Crippen molar-refractivity contribution in [3.05, 3.63) is 29.0 Å². The maximum Gasteiger partial charge on any atom is 0.0558 e. The summed E-state index contributed by atoms with van der Waals surface area (Å²) in [5.41, 5.74) is 1.12. The average Bonchev–Trinajstić information content (AvgIpc) is 2.39. The number of halogens is 1. The van der Waals surface area contributed by atoms with E-state index in [0.717, 1.165) is 29.2 Å². The number of hydrogen-bond donors (Lipinski definition) is 0. The standard InChI is InChI=1S/C15H21ClN2/c16-13-7-8-17-14(10-13)11-18-9-3-5-12-4-1-2-6-15(12)18/h7-8,10,12,15H,1-6,9,11H2/t12-,15-/m1/s1. The van der Waals surface area contributed by atoms with E-state index in [-0.39, 0.29) is 0 Å². The first-order valence-corrected chi connectivity index (χ1v) is 7.55. The molecule has 2 aliphatic rings. The normalized spacial score (nSPS) is 28.9. The Balaban J connectivity index is 1.71. The predicted molar refractivity (Wildman–Crippen MR) is 74.6 cm³/mol. The van der Waals surface area contributed by atoms with Gasteiger partial charge in [0.1, 0.15) is 0 Å². The number of piperidine rings is 1. The fraction of sp³-hybridized carbons (Fsp3) is 0.667. The van der Waals surface area contributed by atoms with Gasteiger partial charge in [-0.05, 0) is 50.3 Å². The quantitative estimate of drug-likeness (QED) is 0.806. The van der Waals surface area contributed by atoms with Gasteiger partial charge in [-0.3, -0.25) is 9.88 Å². The SMILES string of the molecule is Clc1ccnc(CN2CCC[C@H]3CCCC[C@H]32)c1. The van der Waals surface area contributed by atoms with E-state index in [1.807, 2.05) is 18.3 Å². The molecule has 2 atom stereocenters. The van der Waals surface area contributed by atoms with Gasteiger partial charge in [0.25, 0.3) is 0 Å². The second-order valence-electron chi connectivity index (χ2n) is 5.69. The minimum atomic E-state index is 0.799. The van der Waals surface area contributed by atoms with Crippen molar-refractivity contribution in [3.8, 4) is 0 Å². The molecule has 18 heavy (non-hydrogen) atoms. The van der Waals surface area contributed by atoms with Crippen LogP contribution < -0.4 is 0 Å². The van der Waals surface area contributed by atoms with Gasteiger partial charge >= 0.3 is 0 Å². The number of aromatic nitrogens is 1. The fourth-order valence-electron chi connectivity index (χ4n) is 3.67. The number of rotatable bonds is 2. The van der Waals surface area contributed by atoms with Crippen molar-refractivity contribution in [3.63, 3.8) is 0 Å². The van der Waals surface area contributed by atoms with Crippen molar-refractivity contribution in [1.29, 1.82) is 0 Å². The summed E-state index contributed by atoms with van der Waals surface area (Å²) in [5.74, 6) is 0.937. The first-order chi connectivity index (χ1) is 8.83. The maximum absolute atomic E-state index is 6.04. The number of pyridine rings is 1. The molecule has 0 aromatic carbocycles. The molecule has 1 aromatic rings. The van der Waals surface area contributed by atoms with Crippen LogP contribution in [0, 0.1) is 5.92 Å². The van der Waals surface area contributed by atoms with Crippen LogP contribution in [0.15, 0.2) is 18.3 Å². The molecule has 1 saturated heterocycles. The lowest BCUT2D eigenvalue weighted by Gasteiger charge is -2.44. The average molecular weight is 265 g/mol. The van der Waals surface area contributed by atoms with Crippen LogP contribution in [0.25, 0.3) is 0 Å². The lowest BCUT2D eigenvalue weighted by Crippen LogP contribution is -2.46. The zero-order valence-corrected chi connectivity index (χ0v) is 11.6. The Bertz CT molecular complexity index is 405. The molecule has 1 saturated carbocycles. The Morgan fingerprint density at radius 1 is 1.22 bits per heavy atom. The number of fused-ring (bicyclic) bond motifs is 1. The first-order valence-electron chi connectivity index (χ1n) is 7.17. The van der Waals surface area contributed by atoms with Crippen molar-refractivity contribution in [1.82, 2.24) is 9.88 Å². The molecule has 0 N–H and O–H groups in total. The van der Waals surface area contributed by atoms with Crippen LogP contribution in [-0.2, 0) is 6.54 Å². The summed E-state index contributed by atoms with van der Waals surface area (Å²) in [6.07, 6.45) is 10.3. The second kappa shape index (κ2) is 5.58. The number of hydrogen-bond acceptors (Lipinski definition) is 2. The van der Waals surface area contributed by atoms with Crippen LogP contribution in [0.1, 0.15) is 44.2 Å². The van der Waals surface area contributed by atoms with Crippen LogP contribution in [0.5, 0.6) is 0 Å². The number of likely N-dealkylation sites (tertiary alicyclic amines) is 1. The molecule has 0 bridgehead atoms. The van der Waals surface area contributed by atoms with Crippen molar-refractivity contribution in [2.75, 3.05) is 6.54 Å². The molecular formula is C15H21ClN2. The molecule has 0 spiro atoms. The van der Waals surface area contributed by atoms with Gasteiger partial charge in [0.15, 0.2) is 0 Å². The van der Waals surface area contributed by atoms with Gasteiger partial charge in [-0.1, -0.05) is 24.4 Å². The van der Waals surface area contributed by atoms with Crippen LogP contribution in [-0.4, -0.2) is 22.5 Å². The van der Waals surface area contributed by atoms with E-state index in [0.29, 0.717) is 0 Å². The van der Waals surface area contributed by atoms with Crippen LogP contribution in [0.3, 0.4) is 0 Å². The van der Waals surface area contributed by atoms with E-state index < -0.39 is 0 Å². The molecule has 1 aliphatic heterocycles. The molecule has 2 nitrogen and oxygen atoms in total. The second-order valence-corrected chi connectivity index (χ2v) is 6.13. The lowest BCUT2D eigenvalue weighted by atomic mass is 9.78. The van der Waals surface area contributed by atoms with Crippen molar-refractivity contribution in [2.45, 2.75) is 51.1 Å². The summed E-state index contributed by atoms with van der Waals surface area (Å²) in [7, 11) is 0. The van der Waals surface area contributed by atoms with Gasteiger partial charge in [0.2, 0.25) is 0 Å². The third-order valence-electron chi connectivity index (χ3n) is 4.50. The van der Waals surface area contributed by atoms with E-state index in [9.17, 15) is 0 Å². The van der Waals surface area contributed by atoms with Gasteiger partial charge in [-0.2, -0.15) is 0 Å². The molecule has 3 rings (SSSR count). The largest absolute Gasteiger partial charge is 0.294 e. The summed E-state index contributed by atoms with van der Waals surface area (Å²) in [5, 5.41) is 0.803. The zero-order chi connectivity index (χ0) is 12.4. The van der Waals surface area contributed by atoms with Gasteiger partial charge in [0.05, 0.1) is 5.69 Å². The Morgan fingerprint density at radius 3 is 2.94 bits per heavy atom. The Hall–Kier alpha value is -0.600. The van der Waals surface area contributed by atoms with Crippen molar-refractivity contribution in [2.24, 2.45) is 5.92 Å². The molecular weight excluding hydrogens is 244 g/mol. The van der Waals surface area contributed by atoms with E-state index in [2.05, 4.69) is 9.88 Å². The molecule has 98 valence electrons. The predicted octanol–water partition coefficient (Wildman–Crippen LogP) is 3.89. The van der Waals surface area contributed by atoms with E-state index >= 15 is 0 Å². The fourth-order valence-corrected chi connectivity index (χ4v) is 3.85. The molecule has 3 heteroatoms. The highest BCUT2D eigenvalue weighted by molar-refractivity contribution is 6.30. The highest BCUT2D eigenvalue weighted by Gasteiger charge is 2.33. The highest BCUT2D eigenvalue weighted by atomic mass is 35.5. The summed E-state index contributed by atoms with van der Waals surface area (Å²) in [4.78, 5) is 7.09. The summed E-state index contributed by atoms with van der Waals surface area (Å²) in [6.45, 7) is 2.21. The highest BCUT2D eigenvalue weighted by Crippen LogP contribution is 2.35. The lowest BCUT2D eigenvalue weighted by molar-refractivity contribution is 0.0537. The van der Waals surface area contributed by atoms with E-state index in [4.69, 9.17) is 11.6 Å². The third-order valence-corrected chi connectivity index (χ3v) is 4.74. The third kappa shape index (κ3) is 2.70. The van der Waals surface area contributed by atoms with Crippen LogP contribution in [0.2, 0.25) is 5.02 Å². The monoisotopic (exact) mass is 264 g/mol. The van der Waals surface area contributed by atoms with Gasteiger partial charge in [0, 0.05) is 23.8 Å². The molecule has 0 amide bonds. The first kappa shape index (κ1) is 12.4. The molecule has 2 fully saturated rings. The molecule has 2 heterocycles. The van der Waals surface area contributed by atoms with Crippen molar-refractivity contribution < 1.29 is 0 Å². The Kier molecular flexibility index (Phi) is 3.86. The number of nitrogens with zero attached hydrogens (tertiary/aromatic N) is 2. The van der Waals surface area contributed by atoms with E-state index in [1.165, 1.54) is 45.1 Å². The van der Waals surface area contributed by atoms with E-state index in [1.54, 1.807) is 0 Å². The van der Waals surface area contributed by atoms with Gasteiger partial charge in [-0.15, -0.1) is 0 Å². The molecule has 0 radical (unpaired) electrons. The molecule has 0 unspecified atom stereocenters. The summed E-state index contributed by atoms with van der Waals surface area (Å²) in [6, 6.07) is 4.66. The smallest absolute Gasteiger partial charge is 0.0558 e. The Labute approximate surface area is 114 Å². The minimum absolute atomic E-state index is 0.799. The van der Waals surface area contributed by atoms with Gasteiger partial charge < -0.3 is 0 Å². The van der Waals surface area contributed by atoms with Crippen molar-refractivity contribution >= 4 is 11.6 Å². The molecule has 1 aliphatic carbocycles. The van der Waals surface area contributed by atoms with Crippen LogP contribution in [0.4, 0.5) is 0 Å². The summed E-state index contributed by atoms with van der Waals surface area (Å²) < 4.78 is 0. The minimum Gasteiger partial charge on any atom is -0.294 e. The topological polar surface area (TPSA) is 16.1 Å².